The number of fused-ring (bicyclic) bond motifs is 1. The first-order valence-electron chi connectivity index (χ1n) is 11.7. The van der Waals surface area contributed by atoms with Gasteiger partial charge in [-0.15, -0.1) is 0 Å². The lowest BCUT2D eigenvalue weighted by Crippen LogP contribution is -2.52. The molecule has 4 fully saturated rings. The first-order chi connectivity index (χ1) is 15.5. The summed E-state index contributed by atoms with van der Waals surface area (Å²) in [7, 11) is 0. The highest BCUT2D eigenvalue weighted by atomic mass is 16.2. The zero-order chi connectivity index (χ0) is 21.9. The minimum atomic E-state index is -0.248. The second-order valence-electron chi connectivity index (χ2n) is 10.2. The number of H-pyrrole nitrogens is 1. The van der Waals surface area contributed by atoms with Crippen molar-refractivity contribution in [2.45, 2.75) is 45.4 Å². The van der Waals surface area contributed by atoms with Gasteiger partial charge in [0, 0.05) is 11.1 Å². The second kappa shape index (κ2) is 7.19. The molecule has 164 valence electrons. The van der Waals surface area contributed by atoms with E-state index in [9.17, 15) is 9.59 Å². The van der Waals surface area contributed by atoms with E-state index in [1.807, 2.05) is 49.4 Å². The first-order valence-corrected chi connectivity index (χ1v) is 11.7. The minimum absolute atomic E-state index is 0.0374. The molecule has 1 amide bonds. The highest BCUT2D eigenvalue weighted by Gasteiger charge is 2.54. The smallest absolute Gasteiger partial charge is 0.280 e. The summed E-state index contributed by atoms with van der Waals surface area (Å²) in [5.41, 5.74) is 4.35. The molecule has 6 heteroatoms. The van der Waals surface area contributed by atoms with Gasteiger partial charge in [0.2, 0.25) is 5.91 Å². The van der Waals surface area contributed by atoms with Crippen LogP contribution in [0.1, 0.15) is 49.8 Å². The summed E-state index contributed by atoms with van der Waals surface area (Å²) in [6.07, 6.45) is 8.38. The van der Waals surface area contributed by atoms with Crippen LogP contribution >= 0.6 is 0 Å². The summed E-state index contributed by atoms with van der Waals surface area (Å²) < 4.78 is 1.56. The number of benzene rings is 2. The number of aryl methyl sites for hydroxylation is 1. The maximum absolute atomic E-state index is 13.2. The molecule has 0 radical (unpaired) electrons. The fourth-order valence-corrected chi connectivity index (χ4v) is 6.95. The van der Waals surface area contributed by atoms with E-state index in [-0.39, 0.29) is 16.9 Å². The fourth-order valence-electron chi connectivity index (χ4n) is 6.95. The van der Waals surface area contributed by atoms with Crippen molar-refractivity contribution in [1.82, 2.24) is 15.2 Å². The molecule has 1 aromatic heterocycles. The molecule has 2 aromatic carbocycles. The van der Waals surface area contributed by atoms with Gasteiger partial charge in [0.05, 0.1) is 22.9 Å². The standard InChI is InChI=1S/C26H28N4O2/c1-16-22(24(31)30(29-16)23-8-4-6-20-5-2-3-7-21(20)23)15-27-28-25(32)26-12-17-9-18(13-26)11-19(10-17)14-26/h2-8,15,17-19,29H,9-14H2,1H3,(H,28,32)/b27-15+. The van der Waals surface area contributed by atoms with Crippen molar-refractivity contribution in [3.63, 3.8) is 0 Å². The van der Waals surface area contributed by atoms with Gasteiger partial charge in [-0.1, -0.05) is 36.4 Å². The van der Waals surface area contributed by atoms with Crippen LogP contribution in [0.3, 0.4) is 0 Å². The van der Waals surface area contributed by atoms with Crippen LogP contribution in [0.4, 0.5) is 0 Å². The number of hydrogen-bond acceptors (Lipinski definition) is 3. The largest absolute Gasteiger partial charge is 0.295 e. The van der Waals surface area contributed by atoms with Crippen LogP contribution in [0.15, 0.2) is 52.4 Å². The van der Waals surface area contributed by atoms with Crippen molar-refractivity contribution in [2.75, 3.05) is 0 Å². The number of nitrogens with zero attached hydrogens (tertiary/aromatic N) is 2. The third-order valence-electron chi connectivity index (χ3n) is 8.00. The molecule has 4 bridgehead atoms. The Balaban J connectivity index is 1.25. The predicted octanol–water partition coefficient (Wildman–Crippen LogP) is 4.29. The summed E-state index contributed by atoms with van der Waals surface area (Å²) in [4.78, 5) is 26.3. The number of nitrogens with one attached hydrogen (secondary N) is 2. The predicted molar refractivity (Wildman–Crippen MR) is 125 cm³/mol. The molecule has 1 heterocycles. The van der Waals surface area contributed by atoms with Crippen LogP contribution in [0.25, 0.3) is 16.5 Å². The lowest BCUT2D eigenvalue weighted by atomic mass is 9.49. The number of rotatable bonds is 4. The van der Waals surface area contributed by atoms with Gasteiger partial charge >= 0.3 is 0 Å². The van der Waals surface area contributed by atoms with E-state index >= 15 is 0 Å². The number of hydrazone groups is 1. The molecule has 7 rings (SSSR count). The Bertz CT molecular complexity index is 1260. The molecule has 0 unspecified atom stereocenters. The van der Waals surface area contributed by atoms with E-state index in [2.05, 4.69) is 15.6 Å². The van der Waals surface area contributed by atoms with Gasteiger partial charge in [0.15, 0.2) is 0 Å². The molecule has 4 aliphatic rings. The number of amides is 1. The van der Waals surface area contributed by atoms with E-state index in [0.717, 1.165) is 41.4 Å². The van der Waals surface area contributed by atoms with Gasteiger partial charge in [0.25, 0.3) is 5.56 Å². The first kappa shape index (κ1) is 19.5. The third kappa shape index (κ3) is 3.04. The summed E-state index contributed by atoms with van der Waals surface area (Å²) in [5.74, 6) is 2.15. The lowest BCUT2D eigenvalue weighted by Gasteiger charge is -2.55. The Morgan fingerprint density at radius 2 is 1.72 bits per heavy atom. The molecule has 0 saturated heterocycles. The quantitative estimate of drug-likeness (QED) is 0.480. The topological polar surface area (TPSA) is 79.2 Å². The minimum Gasteiger partial charge on any atom is -0.295 e. The van der Waals surface area contributed by atoms with E-state index in [0.29, 0.717) is 23.3 Å². The monoisotopic (exact) mass is 428 g/mol. The van der Waals surface area contributed by atoms with Crippen LogP contribution in [0, 0.1) is 30.1 Å². The van der Waals surface area contributed by atoms with Crippen LogP contribution in [0.2, 0.25) is 0 Å². The highest BCUT2D eigenvalue weighted by Crippen LogP contribution is 2.60. The van der Waals surface area contributed by atoms with Crippen LogP contribution < -0.4 is 11.0 Å². The highest BCUT2D eigenvalue weighted by molar-refractivity contribution is 5.90. The van der Waals surface area contributed by atoms with Gasteiger partial charge in [-0.05, 0) is 74.7 Å². The van der Waals surface area contributed by atoms with Gasteiger partial charge in [-0.2, -0.15) is 5.10 Å². The summed E-state index contributed by atoms with van der Waals surface area (Å²) >= 11 is 0. The summed E-state index contributed by atoms with van der Waals surface area (Å²) in [6.45, 7) is 1.85. The molecule has 6 nitrogen and oxygen atoms in total. The van der Waals surface area contributed by atoms with Gasteiger partial charge in [0.1, 0.15) is 0 Å². The molecule has 4 saturated carbocycles. The van der Waals surface area contributed by atoms with E-state index in [4.69, 9.17) is 0 Å². The zero-order valence-corrected chi connectivity index (χ0v) is 18.3. The van der Waals surface area contributed by atoms with Crippen molar-refractivity contribution in [2.24, 2.45) is 28.3 Å². The molecule has 0 spiro atoms. The third-order valence-corrected chi connectivity index (χ3v) is 8.00. The molecule has 2 N–H and O–H groups in total. The van der Waals surface area contributed by atoms with Crippen molar-refractivity contribution in [3.8, 4) is 5.69 Å². The Hall–Kier alpha value is -3.15. The Morgan fingerprint density at radius 3 is 2.44 bits per heavy atom. The van der Waals surface area contributed by atoms with Crippen LogP contribution in [0.5, 0.6) is 0 Å². The van der Waals surface area contributed by atoms with Gasteiger partial charge < -0.3 is 0 Å². The Labute approximate surface area is 186 Å². The van der Waals surface area contributed by atoms with Crippen molar-refractivity contribution < 1.29 is 4.79 Å². The van der Waals surface area contributed by atoms with Crippen molar-refractivity contribution in [3.05, 3.63) is 64.1 Å². The van der Waals surface area contributed by atoms with Crippen molar-refractivity contribution >= 4 is 22.9 Å². The summed E-state index contributed by atoms with van der Waals surface area (Å²) in [5, 5.41) is 9.47. The van der Waals surface area contributed by atoms with Gasteiger partial charge in [-0.3, -0.25) is 14.7 Å². The summed E-state index contributed by atoms with van der Waals surface area (Å²) in [6, 6.07) is 13.9. The average molecular weight is 429 g/mol. The molecule has 32 heavy (non-hydrogen) atoms. The molecular formula is C26H28N4O2. The SMILES string of the molecule is Cc1[nH]n(-c2cccc3ccccc23)c(=O)c1/C=N/NC(=O)C12CC3CC(CC(C3)C1)C2. The number of aromatic amines is 1. The Kier molecular flexibility index (Phi) is 4.39. The van der Waals surface area contributed by atoms with E-state index in [1.54, 1.807) is 4.68 Å². The van der Waals surface area contributed by atoms with Crippen molar-refractivity contribution in [1.29, 1.82) is 0 Å². The molecule has 3 aromatic rings. The average Bonchev–Trinajstić information content (AvgIpc) is 3.06. The zero-order valence-electron chi connectivity index (χ0n) is 18.3. The second-order valence-corrected chi connectivity index (χ2v) is 10.2. The fraction of sp³-hybridized carbons (Fsp3) is 0.423. The van der Waals surface area contributed by atoms with E-state index in [1.165, 1.54) is 25.5 Å². The molecule has 0 atom stereocenters. The number of carbonyl (C=O) groups is 1. The lowest BCUT2D eigenvalue weighted by molar-refractivity contribution is -0.146. The Morgan fingerprint density at radius 1 is 1.06 bits per heavy atom. The number of aromatic nitrogens is 2. The van der Waals surface area contributed by atoms with E-state index < -0.39 is 0 Å². The molecule has 4 aliphatic carbocycles. The molecular weight excluding hydrogens is 400 g/mol. The molecule has 0 aliphatic heterocycles. The van der Waals surface area contributed by atoms with Crippen LogP contribution in [-0.4, -0.2) is 21.9 Å². The normalized spacial score (nSPS) is 28.6. The maximum atomic E-state index is 13.2. The number of carbonyl (C=O) groups excluding carboxylic acids is 1. The van der Waals surface area contributed by atoms with Gasteiger partial charge in [-0.25, -0.2) is 10.1 Å². The number of hydrogen-bond donors (Lipinski definition) is 2. The maximum Gasteiger partial charge on any atom is 0.280 e. The van der Waals surface area contributed by atoms with Crippen LogP contribution in [-0.2, 0) is 4.79 Å².